The molecule has 6 rings (SSSR count). The average Bonchev–Trinajstić information content (AvgIpc) is 3.50. The van der Waals surface area contributed by atoms with Gasteiger partial charge in [0.15, 0.2) is 11.6 Å². The fraction of sp³-hybridized carbons (Fsp3) is 0.550. The van der Waals surface area contributed by atoms with Gasteiger partial charge < -0.3 is 20.4 Å². The largest absolute Gasteiger partial charge is 4.00 e. The monoisotopic (exact) mass is 676 g/mol. The van der Waals surface area contributed by atoms with Crippen LogP contribution in [0.3, 0.4) is 0 Å². The molecule has 6 unspecified atom stereocenters. The van der Waals surface area contributed by atoms with Crippen LogP contribution in [0, 0.1) is 33.5 Å². The van der Waals surface area contributed by atoms with E-state index in [2.05, 4.69) is 41.5 Å². The quantitative estimate of drug-likeness (QED) is 0.253. The van der Waals surface area contributed by atoms with Crippen molar-refractivity contribution in [2.24, 2.45) is 33.5 Å². The Hall–Kier alpha value is -2.51. The second-order valence-corrected chi connectivity index (χ2v) is 15.2. The van der Waals surface area contributed by atoms with Gasteiger partial charge in [-0.3, -0.25) is 9.59 Å². The van der Waals surface area contributed by atoms with Gasteiger partial charge in [0.05, 0.1) is 0 Å². The van der Waals surface area contributed by atoms with Crippen LogP contribution < -0.4 is 20.4 Å². The van der Waals surface area contributed by atoms with Crippen molar-refractivity contribution in [2.75, 3.05) is 0 Å². The minimum absolute atomic E-state index is 0. The van der Waals surface area contributed by atoms with Crippen LogP contribution in [0.1, 0.15) is 105 Å². The summed E-state index contributed by atoms with van der Waals surface area (Å²) < 4.78 is 0. The zero-order valence-corrected chi connectivity index (χ0v) is 31.0. The van der Waals surface area contributed by atoms with E-state index in [0.29, 0.717) is 22.0 Å². The molecule has 4 saturated carbocycles. The summed E-state index contributed by atoms with van der Waals surface area (Å²) >= 11 is 0. The molecule has 0 aliphatic heterocycles. The number of hydrogen-bond donors (Lipinski definition) is 0. The molecule has 0 aromatic heterocycles. The van der Waals surface area contributed by atoms with Crippen molar-refractivity contribution < 1.29 is 51.7 Å². The second-order valence-electron chi connectivity index (χ2n) is 15.2. The van der Waals surface area contributed by atoms with E-state index in [9.17, 15) is 30.0 Å². The van der Waals surface area contributed by atoms with Crippen LogP contribution in [-0.4, -0.2) is 23.8 Å². The topological polar surface area (TPSA) is 126 Å². The van der Waals surface area contributed by atoms with Gasteiger partial charge in [-0.25, -0.2) is 0 Å². The average molecular weight is 677 g/mol. The second kappa shape index (κ2) is 16.3. The Balaban J connectivity index is 0.000000216. The predicted molar refractivity (Wildman–Crippen MR) is 176 cm³/mol. The Labute approximate surface area is 297 Å². The van der Waals surface area contributed by atoms with Crippen LogP contribution in [0.25, 0.3) is 11.5 Å². The summed E-state index contributed by atoms with van der Waals surface area (Å²) in [5.41, 5.74) is 1.95. The van der Waals surface area contributed by atoms with Crippen LogP contribution >= 0.6 is 0 Å². The van der Waals surface area contributed by atoms with Crippen molar-refractivity contribution in [3.05, 3.63) is 83.9 Å². The van der Waals surface area contributed by atoms with Crippen LogP contribution in [0.5, 0.6) is 0 Å². The van der Waals surface area contributed by atoms with Crippen molar-refractivity contribution >= 4 is 23.1 Å². The zero-order chi connectivity index (χ0) is 34.5. The van der Waals surface area contributed by atoms with E-state index >= 15 is 0 Å². The van der Waals surface area contributed by atoms with Gasteiger partial charge in [0, 0.05) is 0 Å². The molecule has 2 aromatic carbocycles. The summed E-state index contributed by atoms with van der Waals surface area (Å²) in [6.45, 7) is 16.2. The van der Waals surface area contributed by atoms with E-state index < -0.39 is 0 Å². The van der Waals surface area contributed by atoms with Crippen molar-refractivity contribution in [3.63, 3.8) is 0 Å². The molecule has 0 amide bonds. The molecule has 6 nitrogen and oxygen atoms in total. The first-order valence-electron chi connectivity index (χ1n) is 16.6. The maximum absolute atomic E-state index is 11.7. The van der Waals surface area contributed by atoms with E-state index in [4.69, 9.17) is 0 Å². The van der Waals surface area contributed by atoms with E-state index in [1.165, 1.54) is 39.5 Å². The molecular weight excluding hydrogens is 624 g/mol. The molecule has 6 atom stereocenters. The number of rotatable bonds is 4. The van der Waals surface area contributed by atoms with Crippen LogP contribution in [0.2, 0.25) is 0 Å². The number of fused-ring (bicyclic) bond motifs is 4. The van der Waals surface area contributed by atoms with Gasteiger partial charge >= 0.3 is 21.7 Å². The van der Waals surface area contributed by atoms with E-state index in [0.717, 1.165) is 36.8 Å². The Morgan fingerprint density at radius 1 is 0.617 bits per heavy atom. The smallest absolute Gasteiger partial charge is 0.872 e. The summed E-state index contributed by atoms with van der Waals surface area (Å²) in [6.07, 6.45) is 8.41. The van der Waals surface area contributed by atoms with Gasteiger partial charge in [0.2, 0.25) is 0 Å². The third-order valence-corrected chi connectivity index (χ3v) is 12.2. The van der Waals surface area contributed by atoms with Crippen LogP contribution in [-0.2, 0) is 31.3 Å². The maximum atomic E-state index is 11.7. The van der Waals surface area contributed by atoms with Crippen molar-refractivity contribution in [1.82, 2.24) is 0 Å². The number of ketones is 2. The Morgan fingerprint density at radius 2 is 0.915 bits per heavy atom. The van der Waals surface area contributed by atoms with Crippen LogP contribution in [0.4, 0.5) is 0 Å². The zero-order valence-electron chi connectivity index (χ0n) is 29.4. The van der Waals surface area contributed by atoms with E-state index in [-0.39, 0.29) is 67.8 Å². The summed E-state index contributed by atoms with van der Waals surface area (Å²) in [5.74, 6) is 0.531. The third kappa shape index (κ3) is 8.95. The summed E-state index contributed by atoms with van der Waals surface area (Å²) in [5, 5.41) is 45.7. The van der Waals surface area contributed by atoms with Crippen LogP contribution in [0.15, 0.2) is 72.8 Å². The fourth-order valence-corrected chi connectivity index (χ4v) is 8.00. The molecule has 4 aliphatic rings. The first-order valence-corrected chi connectivity index (χ1v) is 16.6. The Morgan fingerprint density at radius 3 is 1.09 bits per heavy atom. The molecule has 0 radical (unpaired) electrons. The molecule has 4 bridgehead atoms. The molecule has 252 valence electrons. The standard InChI is InChI=1S/2C10H10O2.2C10H17O.Ti/c2*1-8(11)7-10(12)9-5-3-2-4-6-9;2*1-9(2)7-4-5-10(9,3)8(11)6-7;/h2*2-7,12H,1H3;2*7-8H,4-6H2,1-3H3;/q;;2*-1;+4/p-2. The number of carbonyl (C=O) groups excluding carboxylic acids is 2. The molecule has 2 aromatic rings. The number of allylic oxidation sites excluding steroid dienone is 2. The third-order valence-electron chi connectivity index (χ3n) is 12.2. The van der Waals surface area contributed by atoms with Crippen molar-refractivity contribution in [1.29, 1.82) is 0 Å². The molecule has 0 saturated heterocycles. The van der Waals surface area contributed by atoms with E-state index in [1.54, 1.807) is 48.5 Å². The minimum Gasteiger partial charge on any atom is -0.872 e. The Kier molecular flexibility index (Phi) is 14.1. The normalized spacial score (nSPS) is 30.8. The van der Waals surface area contributed by atoms with Gasteiger partial charge in [-0.15, -0.1) is 12.2 Å². The molecule has 4 fully saturated rings. The number of benzene rings is 2. The van der Waals surface area contributed by atoms with Crippen molar-refractivity contribution in [2.45, 2.75) is 106 Å². The first kappa shape index (κ1) is 40.7. The maximum Gasteiger partial charge on any atom is 4.00 e. The molecule has 7 heteroatoms. The number of hydrogen-bond acceptors (Lipinski definition) is 6. The molecule has 0 heterocycles. The molecule has 4 aliphatic carbocycles. The molecule has 0 spiro atoms. The molecule has 47 heavy (non-hydrogen) atoms. The Bertz CT molecular complexity index is 1290. The van der Waals surface area contributed by atoms with E-state index in [1.807, 2.05) is 12.1 Å². The van der Waals surface area contributed by atoms with Gasteiger partial charge in [-0.05, 0) is 96.3 Å². The molecule has 0 N–H and O–H groups in total. The summed E-state index contributed by atoms with van der Waals surface area (Å²) in [4.78, 5) is 21.1. The fourth-order valence-electron chi connectivity index (χ4n) is 8.00. The summed E-state index contributed by atoms with van der Waals surface area (Å²) in [6, 6.07) is 17.4. The first-order chi connectivity index (χ1) is 21.4. The van der Waals surface area contributed by atoms with Gasteiger partial charge in [0.1, 0.15) is 0 Å². The van der Waals surface area contributed by atoms with Gasteiger partial charge in [0.25, 0.3) is 0 Å². The van der Waals surface area contributed by atoms with Gasteiger partial charge in [-0.2, -0.15) is 0 Å². The SMILES string of the molecule is CC(=O)C=C([O-])c1ccccc1.CC(=O)C=C([O-])c1ccccc1.CC1(C)C2CCC1(C)C([O-])C2.CC1(C)C2CCC1(C)C([O-])C2.[Ti+4]. The number of carbonyl (C=O) groups is 2. The molecular formula is C40H52O6Ti. The minimum atomic E-state index is -0.281. The van der Waals surface area contributed by atoms with Crippen molar-refractivity contribution in [3.8, 4) is 0 Å². The predicted octanol–water partition coefficient (Wildman–Crippen LogP) is 5.07. The summed E-state index contributed by atoms with van der Waals surface area (Å²) in [7, 11) is 0. The van der Waals surface area contributed by atoms with Gasteiger partial charge in [-0.1, -0.05) is 127 Å².